The molecule has 0 saturated carbocycles. The second kappa shape index (κ2) is 5.38. The molecule has 2 N–H and O–H groups in total. The first-order valence-corrected chi connectivity index (χ1v) is 7.31. The van der Waals surface area contributed by atoms with Crippen LogP contribution in [-0.4, -0.2) is 16.2 Å². The van der Waals surface area contributed by atoms with E-state index in [0.717, 1.165) is 11.3 Å². The van der Waals surface area contributed by atoms with E-state index in [-0.39, 0.29) is 5.95 Å². The number of benzene rings is 1. The number of hydrogen-bond donors (Lipinski definition) is 1. The first-order valence-electron chi connectivity index (χ1n) is 6.09. The average molecular weight is 283 g/mol. The summed E-state index contributed by atoms with van der Waals surface area (Å²) in [6.07, 6.45) is 3.66. The van der Waals surface area contributed by atoms with Gasteiger partial charge in [-0.05, 0) is 36.6 Å². The second-order valence-corrected chi connectivity index (χ2v) is 5.08. The Morgan fingerprint density at radius 1 is 1.05 bits per heavy atom. The number of hydrogen-bond acceptors (Lipinski definition) is 5. The zero-order valence-corrected chi connectivity index (χ0v) is 11.7. The lowest BCUT2D eigenvalue weighted by molar-refractivity contribution is 0.580. The predicted octanol–water partition coefficient (Wildman–Crippen LogP) is 3.71. The van der Waals surface area contributed by atoms with Gasteiger partial charge in [-0.1, -0.05) is 12.1 Å². The summed E-state index contributed by atoms with van der Waals surface area (Å²) in [5.41, 5.74) is 8.27. The summed E-state index contributed by atoms with van der Waals surface area (Å²) in [5, 5.41) is 0. The maximum atomic E-state index is 5.79. The summed E-state index contributed by atoms with van der Waals surface area (Å²) in [6, 6.07) is 13.7. The molecule has 1 aromatic carbocycles. The highest BCUT2D eigenvalue weighted by atomic mass is 32.2. The molecular weight excluding hydrogens is 270 g/mol. The van der Waals surface area contributed by atoms with E-state index < -0.39 is 0 Å². The molecule has 0 bridgehead atoms. The van der Waals surface area contributed by atoms with Crippen molar-refractivity contribution in [3.05, 3.63) is 48.7 Å². The highest BCUT2D eigenvalue weighted by Crippen LogP contribution is 2.26. The van der Waals surface area contributed by atoms with Crippen molar-refractivity contribution in [1.29, 1.82) is 0 Å². The predicted molar refractivity (Wildman–Crippen MR) is 81.4 cm³/mol. The monoisotopic (exact) mass is 283 g/mol. The Hall–Kier alpha value is -2.27. The molecule has 0 aliphatic rings. The van der Waals surface area contributed by atoms with Crippen molar-refractivity contribution < 1.29 is 4.42 Å². The van der Waals surface area contributed by atoms with Crippen molar-refractivity contribution in [3.8, 4) is 22.7 Å². The molecule has 0 aliphatic carbocycles. The Balaban J connectivity index is 2.04. The van der Waals surface area contributed by atoms with Crippen molar-refractivity contribution in [1.82, 2.24) is 9.97 Å². The minimum Gasteiger partial charge on any atom is -0.463 e. The molecular formula is C15H13N3OS. The van der Waals surface area contributed by atoms with Crippen molar-refractivity contribution in [2.75, 3.05) is 12.0 Å². The van der Waals surface area contributed by atoms with Crippen LogP contribution in [0.3, 0.4) is 0 Å². The topological polar surface area (TPSA) is 64.9 Å². The van der Waals surface area contributed by atoms with Crippen LogP contribution in [0.15, 0.2) is 58.0 Å². The van der Waals surface area contributed by atoms with Crippen molar-refractivity contribution >= 4 is 17.7 Å². The molecule has 0 radical (unpaired) electrons. The van der Waals surface area contributed by atoms with Crippen molar-refractivity contribution in [2.24, 2.45) is 0 Å². The van der Waals surface area contributed by atoms with Gasteiger partial charge in [0.15, 0.2) is 5.76 Å². The van der Waals surface area contributed by atoms with Gasteiger partial charge < -0.3 is 10.2 Å². The zero-order chi connectivity index (χ0) is 13.9. The summed E-state index contributed by atoms with van der Waals surface area (Å²) >= 11 is 1.70. The summed E-state index contributed by atoms with van der Waals surface area (Å²) in [5.74, 6) is 0.920. The van der Waals surface area contributed by atoms with E-state index in [1.807, 2.05) is 36.6 Å². The largest absolute Gasteiger partial charge is 0.463 e. The summed E-state index contributed by atoms with van der Waals surface area (Å²) < 4.78 is 5.35. The number of nitrogens with two attached hydrogens (primary N) is 1. The molecule has 5 heteroatoms. The van der Waals surface area contributed by atoms with Crippen LogP contribution in [0.4, 0.5) is 5.95 Å². The van der Waals surface area contributed by atoms with Crippen LogP contribution < -0.4 is 5.73 Å². The zero-order valence-electron chi connectivity index (χ0n) is 10.9. The number of rotatable bonds is 3. The molecule has 0 fully saturated rings. The molecule has 0 aliphatic heterocycles. The smallest absolute Gasteiger partial charge is 0.221 e. The highest BCUT2D eigenvalue weighted by molar-refractivity contribution is 7.98. The van der Waals surface area contributed by atoms with Crippen LogP contribution in [0.1, 0.15) is 0 Å². The highest BCUT2D eigenvalue weighted by Gasteiger charge is 2.08. The minimum absolute atomic E-state index is 0.239. The molecule has 0 atom stereocenters. The number of nitrogens with zero attached hydrogens (tertiary/aromatic N) is 2. The van der Waals surface area contributed by atoms with E-state index in [9.17, 15) is 0 Å². The molecule has 3 rings (SSSR count). The van der Waals surface area contributed by atoms with Gasteiger partial charge in [0.05, 0.1) is 12.0 Å². The Morgan fingerprint density at radius 3 is 2.45 bits per heavy atom. The molecule has 0 saturated heterocycles. The fraction of sp³-hybridized carbons (Fsp3) is 0.0667. The van der Waals surface area contributed by atoms with Gasteiger partial charge in [-0.2, -0.15) is 0 Å². The molecule has 0 amide bonds. The van der Waals surface area contributed by atoms with Crippen LogP contribution in [0.2, 0.25) is 0 Å². The summed E-state index contributed by atoms with van der Waals surface area (Å²) in [7, 11) is 0. The number of nitrogen functional groups attached to an aromatic ring is 1. The van der Waals surface area contributed by atoms with Crippen molar-refractivity contribution in [2.45, 2.75) is 4.90 Å². The van der Waals surface area contributed by atoms with E-state index >= 15 is 0 Å². The van der Waals surface area contributed by atoms with Crippen LogP contribution in [-0.2, 0) is 0 Å². The Labute approximate surface area is 121 Å². The van der Waals surface area contributed by atoms with Gasteiger partial charge in [-0.15, -0.1) is 11.8 Å². The standard InChI is InChI=1S/C15H13N3OS/c1-20-11-6-4-10(5-7-11)12-9-13(18-15(16)17-12)14-3-2-8-19-14/h2-9H,1H3,(H2,16,17,18). The summed E-state index contributed by atoms with van der Waals surface area (Å²) in [6.45, 7) is 0. The summed E-state index contributed by atoms with van der Waals surface area (Å²) in [4.78, 5) is 9.70. The van der Waals surface area contributed by atoms with E-state index in [1.54, 1.807) is 18.0 Å². The van der Waals surface area contributed by atoms with E-state index in [1.165, 1.54) is 4.90 Å². The Bertz CT molecular complexity index is 708. The van der Waals surface area contributed by atoms with Gasteiger partial charge in [-0.25, -0.2) is 9.97 Å². The number of thioether (sulfide) groups is 1. The SMILES string of the molecule is CSc1ccc(-c2cc(-c3ccco3)nc(N)n2)cc1. The molecule has 2 aromatic heterocycles. The Morgan fingerprint density at radius 2 is 1.80 bits per heavy atom. The third-order valence-corrected chi connectivity index (χ3v) is 3.65. The van der Waals surface area contributed by atoms with Crippen LogP contribution >= 0.6 is 11.8 Å². The van der Waals surface area contributed by atoms with Gasteiger partial charge >= 0.3 is 0 Å². The quantitative estimate of drug-likeness (QED) is 0.742. The van der Waals surface area contributed by atoms with Gasteiger partial charge in [0, 0.05) is 10.5 Å². The molecule has 20 heavy (non-hydrogen) atoms. The van der Waals surface area contributed by atoms with E-state index in [2.05, 4.69) is 22.1 Å². The fourth-order valence-corrected chi connectivity index (χ4v) is 2.33. The van der Waals surface area contributed by atoms with Gasteiger partial charge in [-0.3, -0.25) is 0 Å². The molecule has 100 valence electrons. The van der Waals surface area contributed by atoms with Crippen LogP contribution in [0.5, 0.6) is 0 Å². The molecule has 2 heterocycles. The molecule has 3 aromatic rings. The fourth-order valence-electron chi connectivity index (χ4n) is 1.93. The maximum Gasteiger partial charge on any atom is 0.221 e. The second-order valence-electron chi connectivity index (χ2n) is 4.20. The lowest BCUT2D eigenvalue weighted by Gasteiger charge is -2.05. The van der Waals surface area contributed by atoms with Crippen LogP contribution in [0, 0.1) is 0 Å². The molecule has 4 nitrogen and oxygen atoms in total. The third kappa shape index (κ3) is 2.53. The van der Waals surface area contributed by atoms with Gasteiger partial charge in [0.1, 0.15) is 5.69 Å². The van der Waals surface area contributed by atoms with E-state index in [0.29, 0.717) is 11.5 Å². The Kier molecular flexibility index (Phi) is 3.43. The van der Waals surface area contributed by atoms with Crippen LogP contribution in [0.25, 0.3) is 22.7 Å². The first kappa shape index (κ1) is 12.7. The van der Waals surface area contributed by atoms with Gasteiger partial charge in [0.25, 0.3) is 0 Å². The number of aromatic nitrogens is 2. The average Bonchev–Trinajstić information content (AvgIpc) is 3.01. The minimum atomic E-state index is 0.239. The first-order chi connectivity index (χ1) is 9.76. The normalized spacial score (nSPS) is 10.7. The van der Waals surface area contributed by atoms with E-state index in [4.69, 9.17) is 10.2 Å². The third-order valence-electron chi connectivity index (χ3n) is 2.90. The lowest BCUT2D eigenvalue weighted by atomic mass is 10.1. The molecule has 0 spiro atoms. The lowest BCUT2D eigenvalue weighted by Crippen LogP contribution is -1.98. The van der Waals surface area contributed by atoms with Gasteiger partial charge in [0.2, 0.25) is 5.95 Å². The maximum absolute atomic E-state index is 5.79. The van der Waals surface area contributed by atoms with Crippen molar-refractivity contribution in [3.63, 3.8) is 0 Å². The molecule has 0 unspecified atom stereocenters. The number of anilines is 1. The number of furan rings is 1.